The Labute approximate surface area is 603 Å². The van der Waals surface area contributed by atoms with Crippen molar-refractivity contribution in [3.63, 3.8) is 0 Å². The number of hydrazine groups is 2. The average Bonchev–Trinajstić information content (AvgIpc) is 1.73. The maximum atomic E-state index is 14.6. The highest BCUT2D eigenvalue weighted by atomic mass is 16.7. The largest absolute Gasteiger partial charge is 0.489 e. The highest BCUT2D eigenvalue weighted by Gasteiger charge is 2.46. The molecule has 4 aliphatic heterocycles. The third-order valence-electron chi connectivity index (χ3n) is 18.0. The van der Waals surface area contributed by atoms with E-state index in [1.54, 1.807) is 72.1 Å². The Balaban J connectivity index is 0.891. The van der Waals surface area contributed by atoms with Crippen LogP contribution in [0.3, 0.4) is 0 Å². The number of primary amides is 1. The monoisotopic (exact) mass is 1440 g/mol. The molecule has 0 aromatic heterocycles. The Morgan fingerprint density at radius 3 is 1.88 bits per heavy atom. The van der Waals surface area contributed by atoms with Gasteiger partial charge in [-0.15, -0.1) is 10.6 Å². The number of likely N-dealkylation sites (N-methyl/N-ethyl adjacent to an activating group) is 2. The molecule has 103 heavy (non-hydrogen) atoms. The number of nitrogens with two attached hydrogens (primary N) is 1. The zero-order valence-corrected chi connectivity index (χ0v) is 61.5. The van der Waals surface area contributed by atoms with Crippen LogP contribution in [-0.2, 0) is 84.9 Å². The van der Waals surface area contributed by atoms with E-state index < -0.39 is 89.7 Å². The molecule has 3 fully saturated rings. The Hall–Kier alpha value is -8.98. The molecule has 7 atom stereocenters. The number of ether oxygens (including phenoxy) is 4. The number of rotatable bonds is 42. The summed E-state index contributed by atoms with van der Waals surface area (Å²) in [5.41, 5.74) is 14.1. The van der Waals surface area contributed by atoms with Crippen molar-refractivity contribution >= 4 is 76.8 Å². The van der Waals surface area contributed by atoms with Crippen LogP contribution in [0.2, 0.25) is 0 Å². The van der Waals surface area contributed by atoms with Gasteiger partial charge in [-0.25, -0.2) is 9.59 Å². The van der Waals surface area contributed by atoms with E-state index in [4.69, 9.17) is 29.5 Å². The smallest absolute Gasteiger partial charge is 0.333 e. The molecule has 32 heteroatoms. The van der Waals surface area contributed by atoms with Gasteiger partial charge in [0.05, 0.1) is 45.6 Å². The fourth-order valence-electron chi connectivity index (χ4n) is 12.6. The number of hydrogen-bond acceptors (Lipinski definition) is 21. The molecule has 6 rings (SSSR count). The number of carbonyl (C=O) groups excluding carboxylic acids is 12. The summed E-state index contributed by atoms with van der Waals surface area (Å²) in [6.07, 6.45) is 5.36. The Kier molecular flexibility index (Phi) is 33.3. The standard InChI is InChI=1S/C71H109N15O17/c1-44(2)60(77-56(87)43-101-39-38-100-37-36-99-35-34-83-41-51(79-80-83)16-12-20-59(90)103-86-57(88)29-30-58(86)89)66(93)76-53(17-13-31-73-71(72)98)64(91)75-50-25-21-49(22-26-50)42-102-52-27-23-48(24-28-52)40-74-65(92)54-18-14-32-84(54)68(95)55-19-15-33-85(55)70(97)63(47(7)8)82(11)69(96)61(45(3)4)78-67(94)62(46(5)6)81(9)10/h21-28,41,44-47,53-55,60-63,79-80H,12-20,29-40,42-43H2,1-11H3,(H,74,92)(H,75,91)(H,76,93)(H,77,87)(H,78,94)(H3,72,73,98). The van der Waals surface area contributed by atoms with Crippen molar-refractivity contribution in [2.24, 2.45) is 29.4 Å². The van der Waals surface area contributed by atoms with Crippen LogP contribution in [0.25, 0.3) is 0 Å². The molecule has 0 radical (unpaired) electrons. The average molecular weight is 1440 g/mol. The van der Waals surface area contributed by atoms with E-state index in [-0.39, 0.29) is 126 Å². The van der Waals surface area contributed by atoms with E-state index in [1.165, 1.54) is 4.90 Å². The summed E-state index contributed by atoms with van der Waals surface area (Å²) in [6, 6.07) is 7.48. The van der Waals surface area contributed by atoms with Gasteiger partial charge in [0, 0.05) is 70.1 Å². The minimum absolute atomic E-state index is 0.0155. The van der Waals surface area contributed by atoms with Crippen LogP contribution >= 0.6 is 0 Å². The van der Waals surface area contributed by atoms with Crippen molar-refractivity contribution in [2.45, 2.75) is 181 Å². The molecule has 12 amide bonds. The molecule has 2 aromatic carbocycles. The van der Waals surface area contributed by atoms with Gasteiger partial charge in [0.2, 0.25) is 47.3 Å². The van der Waals surface area contributed by atoms with Gasteiger partial charge in [0.1, 0.15) is 55.2 Å². The molecule has 2 aromatic rings. The molecular weight excluding hydrogens is 1330 g/mol. The lowest BCUT2D eigenvalue weighted by atomic mass is 9.96. The first-order valence-corrected chi connectivity index (χ1v) is 35.7. The SMILES string of the molecule is CC(C)C(NC(=O)COCCOCCOCCN1C=C(CCCC(=O)ON2C(=O)CCC2=O)NN1)C(=O)NC(CCCNC(N)=O)C(=O)Nc1ccc(COc2ccc(CNC(=O)C3CCCN3C(=O)C3CCCN3C(=O)C(C(C)C)N(C)C(=O)C(NC(=O)C(C(C)C)N(C)C)C(C)C)cc2)cc1. The van der Waals surface area contributed by atoms with E-state index >= 15 is 0 Å². The summed E-state index contributed by atoms with van der Waals surface area (Å²) in [6.45, 7) is 17.3. The molecule has 0 saturated carbocycles. The van der Waals surface area contributed by atoms with Crippen LogP contribution in [0.5, 0.6) is 5.75 Å². The normalized spacial score (nSPS) is 17.4. The predicted molar refractivity (Wildman–Crippen MR) is 378 cm³/mol. The number of hydroxylamine groups is 2. The number of amides is 12. The first kappa shape index (κ1) is 83.0. The minimum atomic E-state index is -1.08. The minimum Gasteiger partial charge on any atom is -0.489 e. The Morgan fingerprint density at radius 2 is 1.26 bits per heavy atom. The second kappa shape index (κ2) is 41.3. The summed E-state index contributed by atoms with van der Waals surface area (Å²) >= 11 is 0. The molecule has 0 bridgehead atoms. The number of urea groups is 1. The number of nitrogens with zero attached hydrogens (tertiary/aromatic N) is 6. The third kappa shape index (κ3) is 25.7. The summed E-state index contributed by atoms with van der Waals surface area (Å²) in [7, 11) is 5.21. The molecule has 3 saturated heterocycles. The van der Waals surface area contributed by atoms with Gasteiger partial charge in [-0.2, -0.15) is 0 Å². The van der Waals surface area contributed by atoms with Crippen molar-refractivity contribution in [2.75, 3.05) is 92.3 Å². The molecule has 4 aliphatic rings. The van der Waals surface area contributed by atoms with E-state index in [0.717, 1.165) is 16.8 Å². The van der Waals surface area contributed by atoms with Crippen molar-refractivity contribution < 1.29 is 81.3 Å². The lowest BCUT2D eigenvalue weighted by molar-refractivity contribution is -0.197. The second-order valence-electron chi connectivity index (χ2n) is 27.8. The number of anilines is 1. The van der Waals surface area contributed by atoms with Crippen LogP contribution in [0, 0.1) is 23.7 Å². The van der Waals surface area contributed by atoms with E-state index in [9.17, 15) is 57.5 Å². The molecule has 0 spiro atoms. The van der Waals surface area contributed by atoms with E-state index in [0.29, 0.717) is 87.9 Å². The van der Waals surface area contributed by atoms with Crippen LogP contribution in [0.4, 0.5) is 10.5 Å². The van der Waals surface area contributed by atoms with Gasteiger partial charge in [-0.05, 0) is 125 Å². The van der Waals surface area contributed by atoms with Crippen molar-refractivity contribution in [1.82, 2.24) is 67.2 Å². The first-order valence-electron chi connectivity index (χ1n) is 35.7. The number of carbonyl (C=O) groups is 12. The van der Waals surface area contributed by atoms with Crippen molar-refractivity contribution in [1.29, 1.82) is 0 Å². The fourth-order valence-corrected chi connectivity index (χ4v) is 12.6. The summed E-state index contributed by atoms with van der Waals surface area (Å²) in [5, 5.41) is 19.1. The Morgan fingerprint density at radius 1 is 0.650 bits per heavy atom. The van der Waals surface area contributed by atoms with Gasteiger partial charge >= 0.3 is 12.0 Å². The number of hydrogen-bond donors (Lipinski definition) is 9. The zero-order chi connectivity index (χ0) is 75.4. The molecule has 0 aliphatic carbocycles. The molecule has 4 heterocycles. The molecule has 7 unspecified atom stereocenters. The summed E-state index contributed by atoms with van der Waals surface area (Å²) in [4.78, 5) is 169. The van der Waals surface area contributed by atoms with E-state index in [1.807, 2.05) is 78.9 Å². The molecule has 570 valence electrons. The highest BCUT2D eigenvalue weighted by Crippen LogP contribution is 2.29. The fraction of sp³-hybridized carbons (Fsp3) is 0.634. The maximum Gasteiger partial charge on any atom is 0.333 e. The number of imide groups is 1. The topological polar surface area (TPSA) is 393 Å². The Bertz CT molecular complexity index is 3220. The van der Waals surface area contributed by atoms with Gasteiger partial charge in [0.15, 0.2) is 0 Å². The third-order valence-corrected chi connectivity index (χ3v) is 18.0. The highest BCUT2D eigenvalue weighted by molar-refractivity contribution is 6.02. The molecular formula is C71H109N15O17. The number of allylic oxidation sites excluding steroid dienone is 1. The van der Waals surface area contributed by atoms with Crippen molar-refractivity contribution in [3.8, 4) is 5.75 Å². The van der Waals surface area contributed by atoms with Crippen molar-refractivity contribution in [3.05, 3.63) is 71.6 Å². The van der Waals surface area contributed by atoms with Crippen LogP contribution < -0.4 is 53.3 Å². The number of benzene rings is 2. The summed E-state index contributed by atoms with van der Waals surface area (Å²) in [5.74, 6) is -5.46. The van der Waals surface area contributed by atoms with Gasteiger partial charge in [-0.3, -0.25) is 57.9 Å². The van der Waals surface area contributed by atoms with Gasteiger partial charge < -0.3 is 81.5 Å². The lowest BCUT2D eigenvalue weighted by Crippen LogP contribution is -2.61. The lowest BCUT2D eigenvalue weighted by Gasteiger charge is -2.38. The van der Waals surface area contributed by atoms with Gasteiger partial charge in [0.25, 0.3) is 11.8 Å². The summed E-state index contributed by atoms with van der Waals surface area (Å²) < 4.78 is 22.8. The van der Waals surface area contributed by atoms with Gasteiger partial charge in [-0.1, -0.05) is 79.7 Å². The number of nitrogens with one attached hydrogen (secondary N) is 8. The first-order chi connectivity index (χ1) is 49.0. The van der Waals surface area contributed by atoms with Crippen LogP contribution in [-0.4, -0.2) is 230 Å². The van der Waals surface area contributed by atoms with E-state index in [2.05, 4.69) is 42.9 Å². The maximum absolute atomic E-state index is 14.6. The zero-order valence-electron chi connectivity index (χ0n) is 61.5. The molecule has 10 N–H and O–H groups in total. The molecule has 32 nitrogen and oxygen atoms in total. The number of likely N-dealkylation sites (tertiary alicyclic amines) is 2. The quantitative estimate of drug-likeness (QED) is 0.0339. The van der Waals surface area contributed by atoms with Crippen LogP contribution in [0.1, 0.15) is 137 Å². The van der Waals surface area contributed by atoms with Crippen LogP contribution in [0.15, 0.2) is 60.4 Å². The second-order valence-corrected chi connectivity index (χ2v) is 27.8. The predicted octanol–water partition coefficient (Wildman–Crippen LogP) is 2.08.